The van der Waals surface area contributed by atoms with Gasteiger partial charge in [-0.2, -0.15) is 0 Å². The highest BCUT2D eigenvalue weighted by atomic mass is 35.5. The van der Waals surface area contributed by atoms with E-state index in [0.29, 0.717) is 5.54 Å². The average molecular weight is 264 g/mol. The third-order valence-corrected chi connectivity index (χ3v) is 5.48. The lowest BCUT2D eigenvalue weighted by molar-refractivity contribution is 0.0504. The van der Waals surface area contributed by atoms with Crippen molar-refractivity contribution < 1.29 is 0 Å². The molecule has 3 aliphatic rings. The van der Waals surface area contributed by atoms with E-state index in [0.717, 1.165) is 5.92 Å². The molecular formula is C16H22ClN. The Balaban J connectivity index is 0.000001000. The number of benzene rings is 1. The first-order chi connectivity index (χ1) is 8.41. The van der Waals surface area contributed by atoms with E-state index in [1.807, 2.05) is 0 Å². The van der Waals surface area contributed by atoms with Crippen LogP contribution in [0.3, 0.4) is 0 Å². The molecule has 0 amide bonds. The smallest absolute Gasteiger partial charge is 0.0492 e. The zero-order chi connectivity index (χ0) is 11.3. The molecular weight excluding hydrogens is 242 g/mol. The molecule has 1 spiro atoms. The third kappa shape index (κ3) is 1.50. The maximum atomic E-state index is 2.82. The Morgan fingerprint density at radius 3 is 2.89 bits per heavy atom. The monoisotopic (exact) mass is 263 g/mol. The first kappa shape index (κ1) is 12.5. The minimum Gasteiger partial charge on any atom is -0.293 e. The van der Waals surface area contributed by atoms with Crippen molar-refractivity contribution in [3.05, 3.63) is 35.4 Å². The fraction of sp³-hybridized carbons (Fsp3) is 0.625. The third-order valence-electron chi connectivity index (χ3n) is 5.48. The zero-order valence-corrected chi connectivity index (χ0v) is 11.7. The van der Waals surface area contributed by atoms with Crippen molar-refractivity contribution in [3.63, 3.8) is 0 Å². The van der Waals surface area contributed by atoms with Gasteiger partial charge in [0.15, 0.2) is 0 Å². The highest BCUT2D eigenvalue weighted by molar-refractivity contribution is 5.85. The van der Waals surface area contributed by atoms with Crippen molar-refractivity contribution in [1.29, 1.82) is 0 Å². The molecule has 0 N–H and O–H groups in total. The molecule has 4 rings (SSSR count). The summed E-state index contributed by atoms with van der Waals surface area (Å²) in [5, 5.41) is 0. The van der Waals surface area contributed by atoms with Gasteiger partial charge < -0.3 is 0 Å². The minimum atomic E-state index is 0. The molecule has 1 aromatic carbocycles. The van der Waals surface area contributed by atoms with Crippen LogP contribution in [0.1, 0.15) is 43.2 Å². The van der Waals surface area contributed by atoms with Crippen molar-refractivity contribution in [2.45, 2.75) is 44.1 Å². The molecule has 1 saturated carbocycles. The molecule has 98 valence electrons. The molecule has 1 aromatic rings. The van der Waals surface area contributed by atoms with Gasteiger partial charge in [-0.15, -0.1) is 12.4 Å². The molecule has 2 unspecified atom stereocenters. The lowest BCUT2D eigenvalue weighted by Gasteiger charge is -2.49. The average Bonchev–Trinajstić information content (AvgIpc) is 2.78. The second-order valence-electron chi connectivity index (χ2n) is 6.05. The summed E-state index contributed by atoms with van der Waals surface area (Å²) in [4.78, 5) is 2.82. The Hall–Kier alpha value is -0.530. The number of fused-ring (bicyclic) bond motifs is 1. The predicted molar refractivity (Wildman–Crippen MR) is 77.2 cm³/mol. The highest BCUT2D eigenvalue weighted by Crippen LogP contribution is 2.54. The van der Waals surface area contributed by atoms with Crippen LogP contribution in [0.15, 0.2) is 24.3 Å². The summed E-state index contributed by atoms with van der Waals surface area (Å²) in [7, 11) is 0. The SMILES string of the molecule is Cl.c1ccc2c(c1)CCN1CCC3CCCCC231. The van der Waals surface area contributed by atoms with Gasteiger partial charge >= 0.3 is 0 Å². The fourth-order valence-corrected chi connectivity index (χ4v) is 4.79. The zero-order valence-electron chi connectivity index (χ0n) is 10.9. The number of halogens is 1. The lowest BCUT2D eigenvalue weighted by atomic mass is 9.67. The molecule has 2 aliphatic heterocycles. The van der Waals surface area contributed by atoms with Gasteiger partial charge in [-0.05, 0) is 49.3 Å². The molecule has 0 bridgehead atoms. The molecule has 2 heterocycles. The Morgan fingerprint density at radius 2 is 1.94 bits per heavy atom. The van der Waals surface area contributed by atoms with Crippen LogP contribution in [0.5, 0.6) is 0 Å². The van der Waals surface area contributed by atoms with Crippen LogP contribution in [0.25, 0.3) is 0 Å². The quantitative estimate of drug-likeness (QED) is 0.689. The first-order valence-electron chi connectivity index (χ1n) is 7.25. The van der Waals surface area contributed by atoms with Crippen LogP contribution in [0.4, 0.5) is 0 Å². The van der Waals surface area contributed by atoms with E-state index in [1.165, 1.54) is 51.6 Å². The molecule has 1 nitrogen and oxygen atoms in total. The van der Waals surface area contributed by atoms with Crippen LogP contribution in [-0.2, 0) is 12.0 Å². The van der Waals surface area contributed by atoms with E-state index < -0.39 is 0 Å². The van der Waals surface area contributed by atoms with Gasteiger partial charge in [-0.25, -0.2) is 0 Å². The summed E-state index contributed by atoms with van der Waals surface area (Å²) in [6.45, 7) is 2.65. The van der Waals surface area contributed by atoms with Gasteiger partial charge in [-0.1, -0.05) is 37.1 Å². The Labute approximate surface area is 116 Å². The van der Waals surface area contributed by atoms with Gasteiger partial charge in [0.05, 0.1) is 0 Å². The van der Waals surface area contributed by atoms with Gasteiger partial charge in [0, 0.05) is 12.1 Å². The standard InChI is InChI=1S/C16H21N.ClH/c1-2-7-15-13(5-1)8-11-17-12-9-14-6-3-4-10-16(14,15)17;/h1-2,5,7,14H,3-4,6,8-12H2;1H. The van der Waals surface area contributed by atoms with Crippen molar-refractivity contribution >= 4 is 12.4 Å². The lowest BCUT2D eigenvalue weighted by Crippen LogP contribution is -2.50. The second kappa shape index (κ2) is 4.54. The van der Waals surface area contributed by atoms with Crippen LogP contribution < -0.4 is 0 Å². The van der Waals surface area contributed by atoms with Crippen LogP contribution in [0, 0.1) is 5.92 Å². The van der Waals surface area contributed by atoms with E-state index in [9.17, 15) is 0 Å². The second-order valence-corrected chi connectivity index (χ2v) is 6.05. The van der Waals surface area contributed by atoms with Crippen molar-refractivity contribution in [2.24, 2.45) is 5.92 Å². The maximum Gasteiger partial charge on any atom is 0.0492 e. The predicted octanol–water partition coefficient (Wildman–Crippen LogP) is 3.76. The number of nitrogens with zero attached hydrogens (tertiary/aromatic N) is 1. The van der Waals surface area contributed by atoms with Crippen LogP contribution in [0.2, 0.25) is 0 Å². The summed E-state index contributed by atoms with van der Waals surface area (Å²) >= 11 is 0. The summed E-state index contributed by atoms with van der Waals surface area (Å²) < 4.78 is 0. The largest absolute Gasteiger partial charge is 0.293 e. The molecule has 1 aliphatic carbocycles. The first-order valence-corrected chi connectivity index (χ1v) is 7.25. The molecule has 0 radical (unpaired) electrons. The van der Waals surface area contributed by atoms with Crippen molar-refractivity contribution in [1.82, 2.24) is 4.90 Å². The van der Waals surface area contributed by atoms with Crippen molar-refractivity contribution in [3.8, 4) is 0 Å². The van der Waals surface area contributed by atoms with Gasteiger partial charge in [-0.3, -0.25) is 4.90 Å². The van der Waals surface area contributed by atoms with Crippen LogP contribution >= 0.6 is 12.4 Å². The van der Waals surface area contributed by atoms with Gasteiger partial charge in [0.2, 0.25) is 0 Å². The summed E-state index contributed by atoms with van der Waals surface area (Å²) in [5.74, 6) is 0.942. The molecule has 0 aromatic heterocycles. The topological polar surface area (TPSA) is 3.24 Å². The van der Waals surface area contributed by atoms with E-state index in [1.54, 1.807) is 11.1 Å². The minimum absolute atomic E-state index is 0. The molecule has 18 heavy (non-hydrogen) atoms. The maximum absolute atomic E-state index is 2.82. The van der Waals surface area contributed by atoms with E-state index >= 15 is 0 Å². The van der Waals surface area contributed by atoms with Crippen molar-refractivity contribution in [2.75, 3.05) is 13.1 Å². The van der Waals surface area contributed by atoms with E-state index in [2.05, 4.69) is 29.2 Å². The molecule has 2 atom stereocenters. The number of rotatable bonds is 0. The fourth-order valence-electron chi connectivity index (χ4n) is 4.79. The Bertz CT molecular complexity index is 444. The Kier molecular flexibility index (Phi) is 3.15. The normalized spacial score (nSPS) is 34.1. The highest BCUT2D eigenvalue weighted by Gasteiger charge is 2.52. The van der Waals surface area contributed by atoms with Crippen LogP contribution in [-0.4, -0.2) is 18.0 Å². The number of hydrogen-bond donors (Lipinski definition) is 0. The molecule has 2 fully saturated rings. The van der Waals surface area contributed by atoms with E-state index in [-0.39, 0.29) is 12.4 Å². The summed E-state index contributed by atoms with van der Waals surface area (Å²) in [6, 6.07) is 9.26. The number of hydrogen-bond acceptors (Lipinski definition) is 1. The van der Waals surface area contributed by atoms with Gasteiger partial charge in [0.1, 0.15) is 0 Å². The Morgan fingerprint density at radius 1 is 1.06 bits per heavy atom. The van der Waals surface area contributed by atoms with E-state index in [4.69, 9.17) is 0 Å². The molecule has 1 saturated heterocycles. The molecule has 2 heteroatoms. The summed E-state index contributed by atoms with van der Waals surface area (Å²) in [5.41, 5.74) is 3.78. The summed E-state index contributed by atoms with van der Waals surface area (Å²) in [6.07, 6.45) is 8.47. The van der Waals surface area contributed by atoms with Gasteiger partial charge in [0.25, 0.3) is 0 Å².